The maximum Gasteiger partial charge on any atom is 0.351 e. The summed E-state index contributed by atoms with van der Waals surface area (Å²) in [6, 6.07) is 4.74. The Morgan fingerprint density at radius 2 is 2.07 bits per heavy atom. The lowest BCUT2D eigenvalue weighted by Crippen LogP contribution is -2.51. The van der Waals surface area contributed by atoms with Crippen LogP contribution in [0, 0.1) is 17.2 Å². The molecule has 0 aliphatic carbocycles. The van der Waals surface area contributed by atoms with Crippen molar-refractivity contribution in [1.82, 2.24) is 9.55 Å². The van der Waals surface area contributed by atoms with Gasteiger partial charge < -0.3 is 20.0 Å². The Balaban J connectivity index is 2.43. The van der Waals surface area contributed by atoms with Gasteiger partial charge >= 0.3 is 5.69 Å². The molecule has 1 fully saturated rings. The molecule has 2 rings (SSSR count). The van der Waals surface area contributed by atoms with Crippen molar-refractivity contribution in [3.63, 3.8) is 0 Å². The summed E-state index contributed by atoms with van der Waals surface area (Å²) in [4.78, 5) is 16.1. The zero-order chi connectivity index (χ0) is 21.8. The van der Waals surface area contributed by atoms with Crippen molar-refractivity contribution >= 4 is 14.1 Å². The number of unbranched alkanes of at least 4 members (excludes halogenated alkanes) is 1. The molecule has 0 spiro atoms. The van der Waals surface area contributed by atoms with Gasteiger partial charge in [0.1, 0.15) is 17.8 Å². The molecule has 4 atom stereocenters. The maximum atomic E-state index is 12.3. The summed E-state index contributed by atoms with van der Waals surface area (Å²) in [5, 5.41) is 19.9. The van der Waals surface area contributed by atoms with Crippen LogP contribution in [0.3, 0.4) is 0 Å². The lowest BCUT2D eigenvalue weighted by molar-refractivity contribution is -0.0454. The SMILES string of the molecule is CCCC[Si](O[C@H]1[C@H](C#N)[C@H](n2ccc(N)nc2=O)O[C@@H]1CO)(C(C)C)C(C)C. The molecule has 0 amide bonds. The van der Waals surface area contributed by atoms with Gasteiger partial charge in [0.15, 0.2) is 14.5 Å². The third-order valence-corrected chi connectivity index (χ3v) is 11.8. The van der Waals surface area contributed by atoms with Gasteiger partial charge in [-0.05, 0) is 23.2 Å². The van der Waals surface area contributed by atoms with Crippen molar-refractivity contribution < 1.29 is 14.3 Å². The van der Waals surface area contributed by atoms with E-state index in [-0.39, 0.29) is 12.4 Å². The lowest BCUT2D eigenvalue weighted by Gasteiger charge is -2.42. The van der Waals surface area contributed by atoms with Gasteiger partial charge in [0, 0.05) is 6.20 Å². The summed E-state index contributed by atoms with van der Waals surface area (Å²) in [6.45, 7) is 10.6. The Kier molecular flexibility index (Phi) is 7.99. The minimum Gasteiger partial charge on any atom is -0.409 e. The zero-order valence-corrected chi connectivity index (χ0v) is 19.0. The molecule has 8 nitrogen and oxygen atoms in total. The molecule has 1 aliphatic heterocycles. The van der Waals surface area contributed by atoms with E-state index < -0.39 is 38.4 Å². The first kappa shape index (κ1) is 23.5. The number of aliphatic hydroxyl groups is 1. The van der Waals surface area contributed by atoms with Gasteiger partial charge in [-0.3, -0.25) is 4.57 Å². The summed E-state index contributed by atoms with van der Waals surface area (Å²) in [7, 11) is -2.27. The van der Waals surface area contributed by atoms with Gasteiger partial charge in [-0.2, -0.15) is 10.2 Å². The largest absolute Gasteiger partial charge is 0.409 e. The Hall–Kier alpha value is -1.73. The normalized spacial score (nSPS) is 24.9. The van der Waals surface area contributed by atoms with Crippen LogP contribution in [0.4, 0.5) is 5.82 Å². The third-order valence-electron chi connectivity index (χ3n) is 6.03. The highest BCUT2D eigenvalue weighted by Crippen LogP contribution is 2.44. The summed E-state index contributed by atoms with van der Waals surface area (Å²) in [5.74, 6) is -0.629. The first-order valence-corrected chi connectivity index (χ1v) is 12.7. The van der Waals surface area contributed by atoms with Crippen LogP contribution in [0.5, 0.6) is 0 Å². The molecule has 29 heavy (non-hydrogen) atoms. The minimum atomic E-state index is -2.27. The molecule has 3 N–H and O–H groups in total. The molecular formula is C20H34N4O4Si. The highest BCUT2D eigenvalue weighted by molar-refractivity contribution is 6.76. The quantitative estimate of drug-likeness (QED) is 0.586. The fraction of sp³-hybridized carbons (Fsp3) is 0.750. The van der Waals surface area contributed by atoms with E-state index in [9.17, 15) is 15.2 Å². The van der Waals surface area contributed by atoms with Crippen LogP contribution >= 0.6 is 0 Å². The predicted molar refractivity (Wildman–Crippen MR) is 114 cm³/mol. The molecule has 1 saturated heterocycles. The number of aliphatic hydroxyl groups excluding tert-OH is 1. The molecule has 1 aromatic heterocycles. The minimum absolute atomic E-state index is 0.106. The van der Waals surface area contributed by atoms with Gasteiger partial charge in [0.05, 0.1) is 18.8 Å². The summed E-state index contributed by atoms with van der Waals surface area (Å²) >= 11 is 0. The second-order valence-electron chi connectivity index (χ2n) is 8.40. The van der Waals surface area contributed by atoms with E-state index in [1.165, 1.54) is 16.8 Å². The number of anilines is 1. The predicted octanol–water partition coefficient (Wildman–Crippen LogP) is 2.81. The van der Waals surface area contributed by atoms with Gasteiger partial charge in [0.25, 0.3) is 0 Å². The van der Waals surface area contributed by atoms with E-state index in [1.54, 1.807) is 0 Å². The first-order chi connectivity index (χ1) is 13.7. The number of rotatable bonds is 9. The third kappa shape index (κ3) is 4.72. The standard InChI is InChI=1S/C20H34N4O4Si/c1-6-7-10-29(13(2)3,14(4)5)28-18-15(11-21)19(27-16(18)12-25)24-9-8-17(22)23-20(24)26/h8-9,13-16,18-19,25H,6-7,10,12H2,1-5H3,(H2,22,23,26)/t15-,16+,18-,19+/m0/s1. The molecule has 162 valence electrons. The van der Waals surface area contributed by atoms with E-state index in [2.05, 4.69) is 45.7 Å². The average Bonchev–Trinajstić information content (AvgIpc) is 3.01. The number of aromatic nitrogens is 2. The topological polar surface area (TPSA) is 123 Å². The van der Waals surface area contributed by atoms with Crippen molar-refractivity contribution in [3.8, 4) is 6.07 Å². The summed E-state index contributed by atoms with van der Waals surface area (Å²) < 4.78 is 14.0. The molecule has 1 aromatic rings. The van der Waals surface area contributed by atoms with E-state index >= 15 is 0 Å². The Morgan fingerprint density at radius 3 is 2.55 bits per heavy atom. The Morgan fingerprint density at radius 1 is 1.41 bits per heavy atom. The van der Waals surface area contributed by atoms with Gasteiger partial charge in [0.2, 0.25) is 0 Å². The smallest absolute Gasteiger partial charge is 0.351 e. The zero-order valence-electron chi connectivity index (χ0n) is 18.0. The van der Waals surface area contributed by atoms with E-state index in [0.29, 0.717) is 11.1 Å². The van der Waals surface area contributed by atoms with Crippen LogP contribution < -0.4 is 11.4 Å². The number of nitriles is 1. The van der Waals surface area contributed by atoms with Crippen LogP contribution in [-0.4, -0.2) is 41.8 Å². The van der Waals surface area contributed by atoms with Crippen LogP contribution in [0.2, 0.25) is 17.1 Å². The monoisotopic (exact) mass is 422 g/mol. The molecule has 0 bridgehead atoms. The fourth-order valence-electron chi connectivity index (χ4n) is 4.31. The van der Waals surface area contributed by atoms with Crippen molar-refractivity contribution in [1.29, 1.82) is 5.26 Å². The molecular weight excluding hydrogens is 388 g/mol. The lowest BCUT2D eigenvalue weighted by atomic mass is 10.0. The van der Waals surface area contributed by atoms with Crippen LogP contribution in [0.15, 0.2) is 17.1 Å². The molecule has 2 heterocycles. The van der Waals surface area contributed by atoms with Crippen molar-refractivity contribution in [2.45, 2.75) is 83.0 Å². The first-order valence-electron chi connectivity index (χ1n) is 10.4. The molecule has 9 heteroatoms. The Bertz CT molecular complexity index is 768. The Labute approximate surface area is 173 Å². The highest BCUT2D eigenvalue weighted by Gasteiger charge is 2.52. The summed E-state index contributed by atoms with van der Waals surface area (Å²) in [6.07, 6.45) is 1.44. The maximum absolute atomic E-state index is 12.3. The van der Waals surface area contributed by atoms with Crippen molar-refractivity contribution in [3.05, 3.63) is 22.7 Å². The second-order valence-corrected chi connectivity index (χ2v) is 13.4. The average molecular weight is 423 g/mol. The van der Waals surface area contributed by atoms with Gasteiger partial charge in [-0.15, -0.1) is 0 Å². The highest BCUT2D eigenvalue weighted by atomic mass is 28.4. The van der Waals surface area contributed by atoms with Crippen LogP contribution in [0.25, 0.3) is 0 Å². The molecule has 1 aliphatic rings. The summed E-state index contributed by atoms with van der Waals surface area (Å²) in [5.41, 5.74) is 5.67. The molecule has 0 unspecified atom stereocenters. The number of hydrogen-bond acceptors (Lipinski definition) is 7. The van der Waals surface area contributed by atoms with E-state index in [0.717, 1.165) is 18.9 Å². The number of nitrogens with zero attached hydrogens (tertiary/aromatic N) is 3. The van der Waals surface area contributed by atoms with Crippen molar-refractivity contribution in [2.24, 2.45) is 5.92 Å². The number of hydrogen-bond donors (Lipinski definition) is 2. The van der Waals surface area contributed by atoms with E-state index in [1.807, 2.05) is 0 Å². The van der Waals surface area contributed by atoms with E-state index in [4.69, 9.17) is 14.9 Å². The van der Waals surface area contributed by atoms with Crippen LogP contribution in [0.1, 0.15) is 53.7 Å². The van der Waals surface area contributed by atoms with Crippen molar-refractivity contribution in [2.75, 3.05) is 12.3 Å². The fourth-order valence-corrected chi connectivity index (χ4v) is 9.17. The number of nitrogen functional groups attached to an aromatic ring is 1. The second kappa shape index (κ2) is 9.85. The molecule has 0 aromatic carbocycles. The molecule has 0 radical (unpaired) electrons. The van der Waals surface area contributed by atoms with Gasteiger partial charge in [-0.25, -0.2) is 4.79 Å². The number of ether oxygens (including phenoxy) is 1. The number of nitrogens with two attached hydrogens (primary N) is 1. The van der Waals surface area contributed by atoms with Gasteiger partial charge in [-0.1, -0.05) is 47.5 Å². The molecule has 0 saturated carbocycles. The van der Waals surface area contributed by atoms with Crippen LogP contribution in [-0.2, 0) is 9.16 Å².